The van der Waals surface area contributed by atoms with Crippen LogP contribution in [0.3, 0.4) is 0 Å². The van der Waals surface area contributed by atoms with E-state index in [1.807, 2.05) is 42.5 Å². The number of ether oxygens (including phenoxy) is 2. The van der Waals surface area contributed by atoms with Gasteiger partial charge in [0.15, 0.2) is 0 Å². The van der Waals surface area contributed by atoms with Crippen LogP contribution in [-0.4, -0.2) is 260 Å². The van der Waals surface area contributed by atoms with E-state index in [-0.39, 0.29) is 82.8 Å². The van der Waals surface area contributed by atoms with Crippen molar-refractivity contribution in [2.45, 2.75) is 302 Å². The van der Waals surface area contributed by atoms with Gasteiger partial charge in [0.25, 0.3) is 0 Å². The summed E-state index contributed by atoms with van der Waals surface area (Å²) in [6.45, 7) is 10.3. The SMILES string of the molecule is C=C/C=C/CC/C=C/C=C/C=C/CC/C=C/[C@@H](O)[C@H](O)[C@@H]1O[C@@H]([C@H](O)[C@H](O)C(=C)CC[C@@H](O)[C@@H]2C[C@H](O)[C@H](O)[C@@H]([C@H](O)[C@@H](O)/C=C(\C)CC[C@H](O)C[C@H](O)[C@H](O)[C@@H](C)C[C@H](O)[C@@H](O)CCCCC[C@@H](O)CCC[C@@H](O)/C=C/C[C@@H](O)/C=C/C[C@@H](O)CO)O2)C[C@@H](O)[C@H]1O. The Labute approximate surface area is 550 Å². The van der Waals surface area contributed by atoms with E-state index in [2.05, 4.69) is 19.2 Å². The highest BCUT2D eigenvalue weighted by atomic mass is 16.6. The summed E-state index contributed by atoms with van der Waals surface area (Å²) in [5.74, 6) is -0.676. The number of aliphatic hydroxyl groups is 21. The molecule has 0 aliphatic carbocycles. The lowest BCUT2D eigenvalue weighted by Gasteiger charge is -2.42. The molecule has 0 unspecified atom stereocenters. The molecule has 0 radical (unpaired) electrons. The Bertz CT molecular complexity index is 2240. The molecule has 2 fully saturated rings. The van der Waals surface area contributed by atoms with Crippen molar-refractivity contribution in [3.05, 3.63) is 122 Å². The first-order chi connectivity index (χ1) is 44.1. The van der Waals surface area contributed by atoms with Crippen LogP contribution in [0.1, 0.15) is 155 Å². The van der Waals surface area contributed by atoms with Crippen molar-refractivity contribution in [2.24, 2.45) is 5.92 Å². The lowest BCUT2D eigenvalue weighted by Crippen LogP contribution is -2.59. The quantitative estimate of drug-likeness (QED) is 0.0233. The van der Waals surface area contributed by atoms with Crippen molar-refractivity contribution in [3.63, 3.8) is 0 Å². The second-order valence-corrected chi connectivity index (χ2v) is 25.4. The van der Waals surface area contributed by atoms with Gasteiger partial charge in [-0.2, -0.15) is 0 Å². The summed E-state index contributed by atoms with van der Waals surface area (Å²) in [7, 11) is 0. The second kappa shape index (κ2) is 48.2. The zero-order chi connectivity index (χ0) is 69.6. The molecule has 0 aromatic heterocycles. The summed E-state index contributed by atoms with van der Waals surface area (Å²) in [5, 5.41) is 223. The molecule has 21 N–H and O–H groups in total. The zero-order valence-electron chi connectivity index (χ0n) is 54.6. The molecule has 0 amide bonds. The van der Waals surface area contributed by atoms with Crippen LogP contribution in [0.5, 0.6) is 0 Å². The topological polar surface area (TPSA) is 443 Å². The van der Waals surface area contributed by atoms with Gasteiger partial charge in [-0.15, -0.1) is 0 Å². The van der Waals surface area contributed by atoms with Crippen LogP contribution < -0.4 is 0 Å². The number of rotatable bonds is 49. The first-order valence-electron chi connectivity index (χ1n) is 33.3. The molecule has 2 aliphatic heterocycles. The Balaban J connectivity index is 1.77. The van der Waals surface area contributed by atoms with E-state index in [9.17, 15) is 102 Å². The molecule has 0 bridgehead atoms. The van der Waals surface area contributed by atoms with E-state index < -0.39 is 152 Å². The van der Waals surface area contributed by atoms with Gasteiger partial charge in [0.1, 0.15) is 61.0 Å². The predicted molar refractivity (Wildman–Crippen MR) is 352 cm³/mol. The number of aliphatic hydroxyl groups excluding tert-OH is 21. The van der Waals surface area contributed by atoms with Gasteiger partial charge in [-0.05, 0) is 121 Å². The first kappa shape index (κ1) is 85.6. The highest BCUT2D eigenvalue weighted by Gasteiger charge is 2.47. The van der Waals surface area contributed by atoms with Crippen LogP contribution in [-0.2, 0) is 9.47 Å². The van der Waals surface area contributed by atoms with Gasteiger partial charge >= 0.3 is 0 Å². The van der Waals surface area contributed by atoms with Gasteiger partial charge in [-0.3, -0.25) is 0 Å². The lowest BCUT2D eigenvalue weighted by atomic mass is 9.87. The summed E-state index contributed by atoms with van der Waals surface area (Å²) >= 11 is 0. The van der Waals surface area contributed by atoms with Crippen LogP contribution in [0.15, 0.2) is 122 Å². The minimum absolute atomic E-state index is 0.00463. The van der Waals surface area contributed by atoms with Gasteiger partial charge in [-0.25, -0.2) is 0 Å². The van der Waals surface area contributed by atoms with Gasteiger partial charge in [0.05, 0.1) is 92.1 Å². The van der Waals surface area contributed by atoms with Crippen molar-refractivity contribution < 1.29 is 117 Å². The Kier molecular flexibility index (Phi) is 44.4. The standard InChI is InChI=1S/C70H118O23/c1-5-6-7-8-9-10-11-12-13-14-15-16-17-20-33-54(79)64(87)69-67(90)59(84)42-61(93-69)68(91)63(86)45(3)35-37-53(78)60-41-58(83)66(89)70(92-60)65(88)56(81)38-44(2)34-36-50(75)40-57(82)62(85)46(4)39-55(80)52(77)32-21-18-19-25-47(72)26-22-27-48(73)28-23-29-49(74)30-24-31-51(76)43-71/h5-7,10-15,20,23-24,28,30,33,38,46-91H,1,3,8-9,16-19,21-22,25-27,29,31-32,34-37,39-43H2,2,4H3/b7-6+,11-10+,13-12+,15-14+,28-23+,30-24+,33-20+,44-38+/t46-,47+,48+,49+,50-,51+,52-,53+,54+,55-,56-,57-,58-,59+,60-,61+,62+,63+,64-,65+,66-,67+,68-,69-,70+/m0/s1. The van der Waals surface area contributed by atoms with E-state index in [0.717, 1.165) is 12.8 Å². The Morgan fingerprint density at radius 1 is 0.495 bits per heavy atom. The summed E-state index contributed by atoms with van der Waals surface area (Å²) < 4.78 is 11.6. The molecule has 0 aromatic carbocycles. The highest BCUT2D eigenvalue weighted by Crippen LogP contribution is 2.32. The molecule has 2 rings (SSSR count). The molecule has 25 atom stereocenters. The third kappa shape index (κ3) is 34.5. The van der Waals surface area contributed by atoms with E-state index in [0.29, 0.717) is 63.4 Å². The van der Waals surface area contributed by atoms with E-state index in [1.165, 1.54) is 18.2 Å². The van der Waals surface area contributed by atoms with Gasteiger partial charge in [0, 0.05) is 19.3 Å². The monoisotopic (exact) mass is 1330 g/mol. The molecule has 2 saturated heterocycles. The number of unbranched alkanes of at least 4 members (excludes halogenated alkanes) is 4. The molecule has 2 aliphatic rings. The minimum atomic E-state index is -1.83. The fourth-order valence-electron chi connectivity index (χ4n) is 11.1. The minimum Gasteiger partial charge on any atom is -0.394 e. The molecular formula is C70H118O23. The molecular weight excluding hydrogens is 1210 g/mol. The third-order valence-electron chi connectivity index (χ3n) is 17.1. The summed E-state index contributed by atoms with van der Waals surface area (Å²) in [6, 6.07) is 0. The van der Waals surface area contributed by atoms with Crippen LogP contribution in [0.25, 0.3) is 0 Å². The van der Waals surface area contributed by atoms with Crippen LogP contribution in [0.4, 0.5) is 0 Å². The molecule has 23 heteroatoms. The van der Waals surface area contributed by atoms with Crippen molar-refractivity contribution in [1.82, 2.24) is 0 Å². The fourth-order valence-corrected chi connectivity index (χ4v) is 11.1. The summed E-state index contributed by atoms with van der Waals surface area (Å²) in [4.78, 5) is 0. The zero-order valence-corrected chi connectivity index (χ0v) is 54.6. The third-order valence-corrected chi connectivity index (χ3v) is 17.1. The predicted octanol–water partition coefficient (Wildman–Crippen LogP) is 1.53. The van der Waals surface area contributed by atoms with E-state index in [1.54, 1.807) is 44.2 Å². The van der Waals surface area contributed by atoms with Crippen molar-refractivity contribution in [1.29, 1.82) is 0 Å². The molecule has 23 nitrogen and oxygen atoms in total. The molecule has 0 aromatic rings. The smallest absolute Gasteiger partial charge is 0.115 e. The van der Waals surface area contributed by atoms with Gasteiger partial charge in [-0.1, -0.05) is 142 Å². The fraction of sp³-hybridized carbons (Fsp3) is 0.714. The maximum absolute atomic E-state index is 11.2. The average Bonchev–Trinajstić information content (AvgIpc) is 0.828. The molecule has 2 heterocycles. The molecule has 93 heavy (non-hydrogen) atoms. The lowest BCUT2D eigenvalue weighted by molar-refractivity contribution is -0.234. The highest BCUT2D eigenvalue weighted by molar-refractivity contribution is 5.13. The van der Waals surface area contributed by atoms with E-state index >= 15 is 0 Å². The summed E-state index contributed by atoms with van der Waals surface area (Å²) in [6.07, 6.45) is 1.59. The van der Waals surface area contributed by atoms with Gasteiger partial charge < -0.3 is 117 Å². The number of allylic oxidation sites excluding steroid dienone is 11. The van der Waals surface area contributed by atoms with Gasteiger partial charge in [0.2, 0.25) is 0 Å². The maximum atomic E-state index is 11.2. The van der Waals surface area contributed by atoms with Crippen LogP contribution >= 0.6 is 0 Å². The molecule has 0 saturated carbocycles. The van der Waals surface area contributed by atoms with Crippen LogP contribution in [0.2, 0.25) is 0 Å². The largest absolute Gasteiger partial charge is 0.394 e. The second-order valence-electron chi connectivity index (χ2n) is 25.4. The Hall–Kier alpha value is -3.52. The van der Waals surface area contributed by atoms with Crippen molar-refractivity contribution in [3.8, 4) is 0 Å². The first-order valence-corrected chi connectivity index (χ1v) is 33.3. The molecule has 0 spiro atoms. The molecule has 536 valence electrons. The number of hydrogen-bond acceptors (Lipinski definition) is 23. The number of hydrogen-bond donors (Lipinski definition) is 21. The summed E-state index contributed by atoms with van der Waals surface area (Å²) in [5.41, 5.74) is 0.480. The van der Waals surface area contributed by atoms with Crippen molar-refractivity contribution in [2.75, 3.05) is 6.61 Å². The Morgan fingerprint density at radius 3 is 1.67 bits per heavy atom. The van der Waals surface area contributed by atoms with Crippen molar-refractivity contribution >= 4 is 0 Å². The maximum Gasteiger partial charge on any atom is 0.115 e. The van der Waals surface area contributed by atoms with Crippen LogP contribution in [0, 0.1) is 5.92 Å². The Morgan fingerprint density at radius 2 is 1.04 bits per heavy atom. The normalized spacial score (nSPS) is 26.9. The van der Waals surface area contributed by atoms with E-state index in [4.69, 9.17) is 14.6 Å². The average molecular weight is 1330 g/mol.